The molecular weight excluding hydrogens is 294 g/mol. The topological polar surface area (TPSA) is 85.9 Å². The summed E-state index contributed by atoms with van der Waals surface area (Å²) >= 11 is 0. The van der Waals surface area contributed by atoms with Crippen LogP contribution in [0.5, 0.6) is 0 Å². The van der Waals surface area contributed by atoms with Gasteiger partial charge in [-0.15, -0.1) is 0 Å². The number of pyridine rings is 1. The Balaban J connectivity index is 1.76. The second-order valence-corrected chi connectivity index (χ2v) is 4.96. The first-order valence-corrected chi connectivity index (χ1v) is 7.08. The molecule has 0 aliphatic rings. The molecule has 0 fully saturated rings. The van der Waals surface area contributed by atoms with Crippen molar-refractivity contribution in [2.45, 2.75) is 13.5 Å². The van der Waals surface area contributed by atoms with E-state index < -0.39 is 4.92 Å². The number of benzene rings is 1. The van der Waals surface area contributed by atoms with Crippen LogP contribution in [0.25, 0.3) is 5.69 Å². The highest BCUT2D eigenvalue weighted by Crippen LogP contribution is 2.18. The van der Waals surface area contributed by atoms with E-state index in [0.717, 1.165) is 11.5 Å². The van der Waals surface area contributed by atoms with Gasteiger partial charge in [0, 0.05) is 24.1 Å². The van der Waals surface area contributed by atoms with E-state index in [-0.39, 0.29) is 5.69 Å². The van der Waals surface area contributed by atoms with Gasteiger partial charge >= 0.3 is 0 Å². The van der Waals surface area contributed by atoms with E-state index in [1.54, 1.807) is 19.2 Å². The summed E-state index contributed by atoms with van der Waals surface area (Å²) in [6.07, 6.45) is 3.62. The van der Waals surface area contributed by atoms with Crippen LogP contribution in [0.2, 0.25) is 0 Å². The number of nitrogens with zero attached hydrogens (tertiary/aromatic N) is 4. The molecule has 0 aliphatic carbocycles. The number of hydrogen-bond donors (Lipinski definition) is 1. The molecular formula is C16H15N5O2. The molecule has 7 heteroatoms. The minimum Gasteiger partial charge on any atom is -0.363 e. The summed E-state index contributed by atoms with van der Waals surface area (Å²) in [6.45, 7) is 2.08. The van der Waals surface area contributed by atoms with Crippen LogP contribution in [0.3, 0.4) is 0 Å². The first-order chi connectivity index (χ1) is 11.1. The van der Waals surface area contributed by atoms with E-state index in [0.29, 0.717) is 18.1 Å². The summed E-state index contributed by atoms with van der Waals surface area (Å²) in [4.78, 5) is 18.9. The van der Waals surface area contributed by atoms with Gasteiger partial charge in [0.1, 0.15) is 17.3 Å². The standard InChI is InChI=1S/C16H15N5O2/c1-12-14(21(22)23)7-8-15(19-12)18-11-16-17-9-10-20(16)13-5-3-2-4-6-13/h2-10H,11H2,1H3,(H,18,19). The SMILES string of the molecule is Cc1nc(NCc2nccn2-c2ccccc2)ccc1[N+](=O)[O-]. The second kappa shape index (κ2) is 6.27. The minimum absolute atomic E-state index is 0.0151. The molecule has 0 atom stereocenters. The maximum atomic E-state index is 10.8. The number of imidazole rings is 1. The summed E-state index contributed by atoms with van der Waals surface area (Å²) in [5, 5.41) is 14.0. The highest BCUT2D eigenvalue weighted by Gasteiger charge is 2.12. The number of anilines is 1. The quantitative estimate of drug-likeness (QED) is 0.578. The first kappa shape index (κ1) is 14.7. The molecule has 2 aromatic heterocycles. The van der Waals surface area contributed by atoms with Gasteiger partial charge in [-0.2, -0.15) is 0 Å². The van der Waals surface area contributed by atoms with E-state index in [4.69, 9.17) is 0 Å². The van der Waals surface area contributed by atoms with Crippen LogP contribution >= 0.6 is 0 Å². The lowest BCUT2D eigenvalue weighted by Gasteiger charge is -2.09. The summed E-state index contributed by atoms with van der Waals surface area (Å²) in [5.41, 5.74) is 1.42. The highest BCUT2D eigenvalue weighted by atomic mass is 16.6. The molecule has 0 amide bonds. The van der Waals surface area contributed by atoms with Gasteiger partial charge < -0.3 is 9.88 Å². The maximum absolute atomic E-state index is 10.8. The minimum atomic E-state index is -0.436. The van der Waals surface area contributed by atoms with Crippen LogP contribution in [-0.2, 0) is 6.54 Å². The number of aryl methyl sites for hydroxylation is 1. The molecule has 3 rings (SSSR count). The number of nitro groups is 1. The molecule has 0 saturated heterocycles. The van der Waals surface area contributed by atoms with E-state index in [2.05, 4.69) is 15.3 Å². The first-order valence-electron chi connectivity index (χ1n) is 7.08. The zero-order chi connectivity index (χ0) is 16.2. The van der Waals surface area contributed by atoms with Crippen LogP contribution in [0.1, 0.15) is 11.5 Å². The third kappa shape index (κ3) is 3.18. The molecule has 0 aliphatic heterocycles. The van der Waals surface area contributed by atoms with Crippen LogP contribution in [-0.4, -0.2) is 19.5 Å². The lowest BCUT2D eigenvalue weighted by atomic mass is 10.3. The van der Waals surface area contributed by atoms with E-state index >= 15 is 0 Å². The van der Waals surface area contributed by atoms with Crippen LogP contribution in [0.15, 0.2) is 54.9 Å². The highest BCUT2D eigenvalue weighted by molar-refractivity contribution is 5.45. The van der Waals surface area contributed by atoms with Crippen LogP contribution in [0, 0.1) is 17.0 Å². The molecule has 0 spiro atoms. The van der Waals surface area contributed by atoms with Crippen molar-refractivity contribution in [1.29, 1.82) is 0 Å². The monoisotopic (exact) mass is 309 g/mol. The average Bonchev–Trinajstić information content (AvgIpc) is 3.02. The molecule has 23 heavy (non-hydrogen) atoms. The van der Waals surface area contributed by atoms with Crippen molar-refractivity contribution >= 4 is 11.5 Å². The third-order valence-electron chi connectivity index (χ3n) is 3.43. The zero-order valence-corrected chi connectivity index (χ0v) is 12.5. The molecule has 0 saturated carbocycles. The smallest absolute Gasteiger partial charge is 0.290 e. The molecule has 0 unspecified atom stereocenters. The Bertz CT molecular complexity index is 829. The third-order valence-corrected chi connectivity index (χ3v) is 3.43. The lowest BCUT2D eigenvalue weighted by molar-refractivity contribution is -0.385. The molecule has 2 heterocycles. The average molecular weight is 309 g/mol. The van der Waals surface area contributed by atoms with Gasteiger partial charge in [0.25, 0.3) is 5.69 Å². The Hall–Kier alpha value is -3.22. The predicted molar refractivity (Wildman–Crippen MR) is 86.5 cm³/mol. The van der Waals surface area contributed by atoms with E-state index in [1.807, 2.05) is 41.1 Å². The van der Waals surface area contributed by atoms with Crippen LogP contribution in [0.4, 0.5) is 11.5 Å². The number of nitrogens with one attached hydrogen (secondary N) is 1. The lowest BCUT2D eigenvalue weighted by Crippen LogP contribution is -2.08. The summed E-state index contributed by atoms with van der Waals surface area (Å²) in [7, 11) is 0. The maximum Gasteiger partial charge on any atom is 0.290 e. The van der Waals surface area contributed by atoms with Crippen LogP contribution < -0.4 is 5.32 Å². The fourth-order valence-corrected chi connectivity index (χ4v) is 2.30. The number of hydrogen-bond acceptors (Lipinski definition) is 5. The summed E-state index contributed by atoms with van der Waals surface area (Å²) < 4.78 is 1.98. The molecule has 1 N–H and O–H groups in total. The van der Waals surface area contributed by atoms with Gasteiger partial charge in [0.2, 0.25) is 0 Å². The largest absolute Gasteiger partial charge is 0.363 e. The normalized spacial score (nSPS) is 10.5. The van der Waals surface area contributed by atoms with E-state index in [9.17, 15) is 10.1 Å². The van der Waals surface area contributed by atoms with Gasteiger partial charge in [-0.1, -0.05) is 18.2 Å². The number of aromatic nitrogens is 3. The zero-order valence-electron chi connectivity index (χ0n) is 12.5. The second-order valence-electron chi connectivity index (χ2n) is 4.96. The Labute approximate surface area is 132 Å². The summed E-state index contributed by atoms with van der Waals surface area (Å²) in [5.74, 6) is 1.41. The molecule has 3 aromatic rings. The van der Waals surface area contributed by atoms with Gasteiger partial charge in [-0.05, 0) is 25.1 Å². The van der Waals surface area contributed by atoms with Crippen molar-refractivity contribution in [3.63, 3.8) is 0 Å². The van der Waals surface area contributed by atoms with Gasteiger partial charge in [-0.3, -0.25) is 10.1 Å². The number of rotatable bonds is 5. The van der Waals surface area contributed by atoms with Crippen molar-refractivity contribution in [2.24, 2.45) is 0 Å². The summed E-state index contributed by atoms with van der Waals surface area (Å²) in [6, 6.07) is 12.9. The molecule has 7 nitrogen and oxygen atoms in total. The molecule has 0 radical (unpaired) electrons. The Kier molecular flexibility index (Phi) is 4.01. The van der Waals surface area contributed by atoms with Gasteiger partial charge in [0.05, 0.1) is 11.5 Å². The predicted octanol–water partition coefficient (Wildman–Crippen LogP) is 3.10. The van der Waals surface area contributed by atoms with Crippen molar-refractivity contribution in [1.82, 2.24) is 14.5 Å². The molecule has 0 bridgehead atoms. The fourth-order valence-electron chi connectivity index (χ4n) is 2.30. The van der Waals surface area contributed by atoms with Crippen molar-refractivity contribution in [2.75, 3.05) is 5.32 Å². The van der Waals surface area contributed by atoms with Crippen molar-refractivity contribution < 1.29 is 4.92 Å². The van der Waals surface area contributed by atoms with E-state index in [1.165, 1.54) is 6.07 Å². The molecule has 116 valence electrons. The van der Waals surface area contributed by atoms with Gasteiger partial charge in [0.15, 0.2) is 0 Å². The Morgan fingerprint density at radius 3 is 2.70 bits per heavy atom. The number of para-hydroxylation sites is 1. The Morgan fingerprint density at radius 2 is 2.00 bits per heavy atom. The molecule has 1 aromatic carbocycles. The Morgan fingerprint density at radius 1 is 1.22 bits per heavy atom. The van der Waals surface area contributed by atoms with Crippen molar-refractivity contribution in [3.05, 3.63) is 76.5 Å². The van der Waals surface area contributed by atoms with Crippen molar-refractivity contribution in [3.8, 4) is 5.69 Å². The van der Waals surface area contributed by atoms with Gasteiger partial charge in [-0.25, -0.2) is 9.97 Å². The fraction of sp³-hybridized carbons (Fsp3) is 0.125.